The Hall–Kier alpha value is -1.41. The predicted octanol–water partition coefficient (Wildman–Crippen LogP) is 6.10. The van der Waals surface area contributed by atoms with Gasteiger partial charge in [0.15, 0.2) is 6.10 Å². The van der Waals surface area contributed by atoms with Gasteiger partial charge in [-0.3, -0.25) is 9.59 Å². The van der Waals surface area contributed by atoms with E-state index >= 15 is 0 Å². The normalized spacial score (nSPS) is 25.8. The van der Waals surface area contributed by atoms with Gasteiger partial charge in [0.1, 0.15) is 12.2 Å². The molecule has 5 atom stereocenters. The van der Waals surface area contributed by atoms with Gasteiger partial charge >= 0.3 is 11.9 Å². The first kappa shape index (κ1) is 24.2. The molecule has 0 spiro atoms. The molecule has 0 aliphatic carbocycles. The second-order valence-electron chi connectivity index (χ2n) is 7.74. The van der Waals surface area contributed by atoms with Gasteiger partial charge in [-0.2, -0.15) is 0 Å². The standard InChI is InChI=1S/C23H26BrClO5S/c1-5-19-12(2)21(28-13(3)26)23(29-14(4)27)22(30-19)15-6-8-18(25)16(10-15)11-17-7-9-20(24)31-17/h6-10,12,19,21-23H,5,11H2,1-4H3/t12-,19-,21+,22+,23-/m1/s1. The molecule has 1 fully saturated rings. The third-order valence-electron chi connectivity index (χ3n) is 5.45. The van der Waals surface area contributed by atoms with Crippen molar-refractivity contribution in [3.63, 3.8) is 0 Å². The summed E-state index contributed by atoms with van der Waals surface area (Å²) in [7, 11) is 0. The minimum atomic E-state index is -0.746. The Labute approximate surface area is 200 Å². The Morgan fingerprint density at radius 1 is 1.13 bits per heavy atom. The van der Waals surface area contributed by atoms with E-state index < -0.39 is 30.3 Å². The van der Waals surface area contributed by atoms with Gasteiger partial charge < -0.3 is 14.2 Å². The Bertz CT molecular complexity index is 946. The number of esters is 2. The fourth-order valence-electron chi connectivity index (χ4n) is 4.04. The molecule has 168 valence electrons. The maximum Gasteiger partial charge on any atom is 0.303 e. The third-order valence-corrected chi connectivity index (χ3v) is 7.44. The number of rotatable bonds is 6. The van der Waals surface area contributed by atoms with Crippen LogP contribution in [-0.2, 0) is 30.2 Å². The van der Waals surface area contributed by atoms with Crippen LogP contribution in [0.1, 0.15) is 56.2 Å². The second-order valence-corrected chi connectivity index (χ2v) is 10.7. The van der Waals surface area contributed by atoms with Crippen LogP contribution < -0.4 is 0 Å². The third kappa shape index (κ3) is 5.89. The number of thiophene rings is 1. The van der Waals surface area contributed by atoms with Crippen LogP contribution in [0.2, 0.25) is 5.02 Å². The van der Waals surface area contributed by atoms with Crippen LogP contribution in [0, 0.1) is 5.92 Å². The molecule has 2 heterocycles. The van der Waals surface area contributed by atoms with Gasteiger partial charge in [0.2, 0.25) is 0 Å². The Balaban J connectivity index is 1.99. The van der Waals surface area contributed by atoms with Crippen molar-refractivity contribution >= 4 is 50.8 Å². The number of carbonyl (C=O) groups is 2. The summed E-state index contributed by atoms with van der Waals surface area (Å²) in [5.41, 5.74) is 1.79. The van der Waals surface area contributed by atoms with Gasteiger partial charge in [0, 0.05) is 36.1 Å². The molecule has 0 N–H and O–H groups in total. The minimum absolute atomic E-state index is 0.121. The molecule has 1 aromatic carbocycles. The maximum absolute atomic E-state index is 11.9. The van der Waals surface area contributed by atoms with Gasteiger partial charge in [0.05, 0.1) is 9.89 Å². The topological polar surface area (TPSA) is 61.8 Å². The van der Waals surface area contributed by atoms with E-state index in [0.717, 1.165) is 21.3 Å². The van der Waals surface area contributed by atoms with E-state index in [1.54, 1.807) is 11.3 Å². The summed E-state index contributed by atoms with van der Waals surface area (Å²) in [6.07, 6.45) is -0.642. The van der Waals surface area contributed by atoms with Crippen molar-refractivity contribution in [1.82, 2.24) is 0 Å². The summed E-state index contributed by atoms with van der Waals surface area (Å²) < 4.78 is 18.7. The summed E-state index contributed by atoms with van der Waals surface area (Å²) in [5, 5.41) is 0.657. The molecule has 1 saturated heterocycles. The summed E-state index contributed by atoms with van der Waals surface area (Å²) in [6.45, 7) is 6.69. The van der Waals surface area contributed by atoms with E-state index in [4.69, 9.17) is 25.8 Å². The average molecular weight is 530 g/mol. The fraction of sp³-hybridized carbons (Fsp3) is 0.478. The highest BCUT2D eigenvalue weighted by Crippen LogP contribution is 2.40. The summed E-state index contributed by atoms with van der Waals surface area (Å²) in [6, 6.07) is 9.77. The van der Waals surface area contributed by atoms with E-state index in [1.807, 2.05) is 38.1 Å². The van der Waals surface area contributed by atoms with Crippen LogP contribution in [0.4, 0.5) is 0 Å². The molecule has 0 bridgehead atoms. The molecule has 0 amide bonds. The van der Waals surface area contributed by atoms with E-state index in [9.17, 15) is 9.59 Å². The quantitative estimate of drug-likeness (QED) is 0.423. The summed E-state index contributed by atoms with van der Waals surface area (Å²) in [4.78, 5) is 24.9. The molecule has 3 rings (SSSR count). The van der Waals surface area contributed by atoms with Gasteiger partial charge in [-0.1, -0.05) is 37.6 Å². The van der Waals surface area contributed by atoms with Crippen molar-refractivity contribution in [2.45, 2.75) is 65.0 Å². The molecule has 0 radical (unpaired) electrons. The minimum Gasteiger partial charge on any atom is -0.458 e. The molecular formula is C23H26BrClO5S. The fourth-order valence-corrected chi connectivity index (χ4v) is 5.73. The summed E-state index contributed by atoms with van der Waals surface area (Å²) in [5.74, 6) is -0.982. The number of hydrogen-bond donors (Lipinski definition) is 0. The van der Waals surface area contributed by atoms with E-state index in [0.29, 0.717) is 11.4 Å². The highest BCUT2D eigenvalue weighted by atomic mass is 79.9. The van der Waals surface area contributed by atoms with Gasteiger partial charge in [-0.25, -0.2) is 0 Å². The largest absolute Gasteiger partial charge is 0.458 e. The molecule has 1 aliphatic heterocycles. The molecule has 2 aromatic rings. The van der Waals surface area contributed by atoms with Crippen LogP contribution in [0.25, 0.3) is 0 Å². The SMILES string of the molecule is CC[C@H]1O[C@@H](c2ccc(Cl)c(Cc3ccc(Br)s3)c2)[C@H](OC(C)=O)[C@@H](OC(C)=O)[C@@H]1C. The van der Waals surface area contributed by atoms with Crippen LogP contribution in [0.15, 0.2) is 34.1 Å². The lowest BCUT2D eigenvalue weighted by molar-refractivity contribution is -0.225. The molecule has 31 heavy (non-hydrogen) atoms. The lowest BCUT2D eigenvalue weighted by Crippen LogP contribution is -2.52. The van der Waals surface area contributed by atoms with Crippen LogP contribution in [-0.4, -0.2) is 30.3 Å². The molecule has 1 aliphatic rings. The highest BCUT2D eigenvalue weighted by Gasteiger charge is 2.47. The van der Waals surface area contributed by atoms with Crippen molar-refractivity contribution in [2.75, 3.05) is 0 Å². The molecule has 0 unspecified atom stereocenters. The van der Waals surface area contributed by atoms with Crippen LogP contribution >= 0.6 is 38.9 Å². The smallest absolute Gasteiger partial charge is 0.303 e. The van der Waals surface area contributed by atoms with Gasteiger partial charge in [-0.05, 0) is 51.7 Å². The molecule has 8 heteroatoms. The van der Waals surface area contributed by atoms with Crippen molar-refractivity contribution in [1.29, 1.82) is 0 Å². The monoisotopic (exact) mass is 528 g/mol. The average Bonchev–Trinajstić information content (AvgIpc) is 3.11. The number of benzene rings is 1. The van der Waals surface area contributed by atoms with Crippen molar-refractivity contribution in [2.24, 2.45) is 5.92 Å². The first-order valence-corrected chi connectivity index (χ1v) is 12.2. The Morgan fingerprint density at radius 3 is 2.39 bits per heavy atom. The lowest BCUT2D eigenvalue weighted by atomic mass is 9.84. The van der Waals surface area contributed by atoms with Gasteiger partial charge in [-0.15, -0.1) is 11.3 Å². The number of halogens is 2. The van der Waals surface area contributed by atoms with Crippen molar-refractivity contribution in [3.8, 4) is 0 Å². The number of hydrogen-bond acceptors (Lipinski definition) is 6. The zero-order chi connectivity index (χ0) is 22.7. The molecule has 1 aromatic heterocycles. The Kier molecular flexibility index (Phi) is 8.19. The first-order chi connectivity index (χ1) is 14.7. The van der Waals surface area contributed by atoms with E-state index in [1.165, 1.54) is 18.7 Å². The first-order valence-electron chi connectivity index (χ1n) is 10.2. The van der Waals surface area contributed by atoms with E-state index in [-0.39, 0.29) is 12.0 Å². The zero-order valence-corrected chi connectivity index (χ0v) is 21.1. The number of ether oxygens (including phenoxy) is 3. The maximum atomic E-state index is 11.9. The predicted molar refractivity (Wildman–Crippen MR) is 124 cm³/mol. The van der Waals surface area contributed by atoms with Crippen molar-refractivity contribution < 1.29 is 23.8 Å². The van der Waals surface area contributed by atoms with Crippen molar-refractivity contribution in [3.05, 3.63) is 55.1 Å². The Morgan fingerprint density at radius 2 is 1.81 bits per heavy atom. The zero-order valence-electron chi connectivity index (χ0n) is 17.9. The van der Waals surface area contributed by atoms with Crippen LogP contribution in [0.3, 0.4) is 0 Å². The van der Waals surface area contributed by atoms with Crippen LogP contribution in [0.5, 0.6) is 0 Å². The lowest BCUT2D eigenvalue weighted by Gasteiger charge is -2.44. The molecule has 0 saturated carbocycles. The summed E-state index contributed by atoms with van der Waals surface area (Å²) >= 11 is 11.6. The highest BCUT2D eigenvalue weighted by molar-refractivity contribution is 9.11. The van der Waals surface area contributed by atoms with Gasteiger partial charge in [0.25, 0.3) is 0 Å². The second kappa shape index (κ2) is 10.5. The van der Waals surface area contributed by atoms with E-state index in [2.05, 4.69) is 22.0 Å². The number of carbonyl (C=O) groups excluding carboxylic acids is 2. The molecule has 5 nitrogen and oxygen atoms in total. The molecular weight excluding hydrogens is 504 g/mol.